The van der Waals surface area contributed by atoms with E-state index in [1.165, 1.54) is 5.56 Å². The van der Waals surface area contributed by atoms with Crippen LogP contribution in [0.25, 0.3) is 0 Å². The van der Waals surface area contributed by atoms with Gasteiger partial charge in [0.05, 0.1) is 22.2 Å². The molecule has 0 unspecified atom stereocenters. The van der Waals surface area contributed by atoms with Crippen molar-refractivity contribution in [2.24, 2.45) is 0 Å². The number of benzene rings is 1. The van der Waals surface area contributed by atoms with Crippen LogP contribution in [0.3, 0.4) is 0 Å². The third-order valence-electron chi connectivity index (χ3n) is 2.65. The molecule has 0 heterocycles. The molecule has 0 aromatic heterocycles. The van der Waals surface area contributed by atoms with Gasteiger partial charge in [0.1, 0.15) is 5.75 Å². The fourth-order valence-corrected chi connectivity index (χ4v) is 3.10. The van der Waals surface area contributed by atoms with Gasteiger partial charge in [-0.15, -0.1) is 6.58 Å². The predicted octanol–water partition coefficient (Wildman–Crippen LogP) is 4.29. The van der Waals surface area contributed by atoms with Gasteiger partial charge in [-0.1, -0.05) is 5.57 Å². The summed E-state index contributed by atoms with van der Waals surface area (Å²) >= 11 is 7.12. The predicted molar refractivity (Wildman–Crippen MR) is 90.4 cm³/mol. The van der Waals surface area contributed by atoms with Crippen LogP contribution < -0.4 is 10.1 Å². The summed E-state index contributed by atoms with van der Waals surface area (Å²) in [5.41, 5.74) is 2.31. The number of nitrogens with one attached hydrogen (secondary N) is 1. The van der Waals surface area contributed by atoms with Gasteiger partial charge in [0.25, 0.3) is 0 Å². The molecule has 0 saturated heterocycles. The molecular formula is C15H21Br2NO2. The van der Waals surface area contributed by atoms with Crippen molar-refractivity contribution in [2.45, 2.75) is 19.9 Å². The molecule has 0 atom stereocenters. The third kappa shape index (κ3) is 6.39. The molecule has 0 fully saturated rings. The summed E-state index contributed by atoms with van der Waals surface area (Å²) in [6.07, 6.45) is 0.860. The van der Waals surface area contributed by atoms with E-state index in [0.717, 1.165) is 39.8 Å². The first-order valence-corrected chi connectivity index (χ1v) is 8.08. The van der Waals surface area contributed by atoms with Gasteiger partial charge in [-0.25, -0.2) is 0 Å². The number of halogens is 2. The molecule has 5 heteroatoms. The Morgan fingerprint density at radius 2 is 1.90 bits per heavy atom. The van der Waals surface area contributed by atoms with Gasteiger partial charge >= 0.3 is 0 Å². The molecule has 3 nitrogen and oxygen atoms in total. The summed E-state index contributed by atoms with van der Waals surface area (Å²) in [7, 11) is 1.70. The van der Waals surface area contributed by atoms with Crippen molar-refractivity contribution in [3.05, 3.63) is 38.8 Å². The lowest BCUT2D eigenvalue weighted by Crippen LogP contribution is -2.18. The third-order valence-corrected chi connectivity index (χ3v) is 3.82. The van der Waals surface area contributed by atoms with Crippen molar-refractivity contribution < 1.29 is 9.47 Å². The highest BCUT2D eigenvalue weighted by Crippen LogP contribution is 2.35. The maximum absolute atomic E-state index is 5.78. The summed E-state index contributed by atoms with van der Waals surface area (Å²) in [6.45, 7) is 8.86. The van der Waals surface area contributed by atoms with E-state index in [9.17, 15) is 0 Å². The smallest absolute Gasteiger partial charge is 0.147 e. The first-order chi connectivity index (χ1) is 9.54. The van der Waals surface area contributed by atoms with E-state index in [1.807, 2.05) is 6.92 Å². The molecule has 1 aromatic carbocycles. The molecule has 20 heavy (non-hydrogen) atoms. The quantitative estimate of drug-likeness (QED) is 0.490. The minimum Gasteiger partial charge on any atom is -0.491 e. The standard InChI is InChI=1S/C15H21Br2NO2/c1-11(2)4-6-20-15-13(16)8-12(9-14(15)17)10-18-5-7-19-3/h8-9,18H,1,4-7,10H2,2-3H3. The molecule has 0 bridgehead atoms. The Balaban J connectivity index is 2.59. The molecule has 0 spiro atoms. The average Bonchev–Trinajstić information content (AvgIpc) is 2.37. The SMILES string of the molecule is C=C(C)CCOc1c(Br)cc(CNCCOC)cc1Br. The molecule has 0 saturated carbocycles. The first-order valence-electron chi connectivity index (χ1n) is 6.49. The molecule has 1 aromatic rings. The molecule has 0 radical (unpaired) electrons. The Bertz CT molecular complexity index is 426. The maximum Gasteiger partial charge on any atom is 0.147 e. The van der Waals surface area contributed by atoms with Crippen LogP contribution in [0.15, 0.2) is 33.2 Å². The zero-order valence-electron chi connectivity index (χ0n) is 12.0. The average molecular weight is 407 g/mol. The van der Waals surface area contributed by atoms with Gasteiger partial charge < -0.3 is 14.8 Å². The zero-order valence-corrected chi connectivity index (χ0v) is 15.1. The van der Waals surface area contributed by atoms with Crippen molar-refractivity contribution in [1.29, 1.82) is 0 Å². The Morgan fingerprint density at radius 1 is 1.25 bits per heavy atom. The molecule has 0 aliphatic carbocycles. The number of hydrogen-bond donors (Lipinski definition) is 1. The van der Waals surface area contributed by atoms with Crippen molar-refractivity contribution in [2.75, 3.05) is 26.9 Å². The lowest BCUT2D eigenvalue weighted by Gasteiger charge is -2.13. The van der Waals surface area contributed by atoms with E-state index in [2.05, 4.69) is 55.9 Å². The van der Waals surface area contributed by atoms with E-state index in [0.29, 0.717) is 13.2 Å². The molecular weight excluding hydrogens is 386 g/mol. The van der Waals surface area contributed by atoms with Gasteiger partial charge in [-0.05, 0) is 56.5 Å². The minimum atomic E-state index is 0.637. The molecule has 0 aliphatic rings. The Labute approximate surface area is 138 Å². The second-order valence-corrected chi connectivity index (χ2v) is 6.32. The van der Waals surface area contributed by atoms with Crippen LogP contribution in [0.4, 0.5) is 0 Å². The first kappa shape index (κ1) is 17.7. The fourth-order valence-electron chi connectivity index (χ4n) is 1.59. The lowest BCUT2D eigenvalue weighted by atomic mass is 10.2. The van der Waals surface area contributed by atoms with Crippen LogP contribution in [-0.2, 0) is 11.3 Å². The molecule has 0 aliphatic heterocycles. The van der Waals surface area contributed by atoms with Crippen molar-refractivity contribution in [1.82, 2.24) is 5.32 Å². The molecule has 0 amide bonds. The topological polar surface area (TPSA) is 30.5 Å². The summed E-state index contributed by atoms with van der Waals surface area (Å²) in [6, 6.07) is 4.14. The lowest BCUT2D eigenvalue weighted by molar-refractivity contribution is 0.199. The number of rotatable bonds is 9. The van der Waals surface area contributed by atoms with Crippen LogP contribution in [0, 0.1) is 0 Å². The number of methoxy groups -OCH3 is 1. The van der Waals surface area contributed by atoms with Crippen molar-refractivity contribution in [3.8, 4) is 5.75 Å². The Morgan fingerprint density at radius 3 is 2.45 bits per heavy atom. The van der Waals surface area contributed by atoms with Gasteiger partial charge in [-0.3, -0.25) is 0 Å². The van der Waals surface area contributed by atoms with Gasteiger partial charge in [0, 0.05) is 26.6 Å². The molecule has 112 valence electrons. The second-order valence-electron chi connectivity index (χ2n) is 4.61. The normalized spacial score (nSPS) is 10.6. The van der Waals surface area contributed by atoms with Crippen LogP contribution in [0.1, 0.15) is 18.9 Å². The molecule has 1 rings (SSSR count). The largest absolute Gasteiger partial charge is 0.491 e. The molecule has 1 N–H and O–H groups in total. The van der Waals surface area contributed by atoms with Gasteiger partial charge in [-0.2, -0.15) is 0 Å². The summed E-state index contributed by atoms with van der Waals surface area (Å²) < 4.78 is 12.7. The minimum absolute atomic E-state index is 0.637. The second kappa shape index (κ2) is 9.55. The monoisotopic (exact) mass is 405 g/mol. The van der Waals surface area contributed by atoms with Crippen molar-refractivity contribution >= 4 is 31.9 Å². The fraction of sp³-hybridized carbons (Fsp3) is 0.467. The maximum atomic E-state index is 5.78. The summed E-state index contributed by atoms with van der Waals surface area (Å²) in [4.78, 5) is 0. The van der Waals surface area contributed by atoms with Crippen molar-refractivity contribution in [3.63, 3.8) is 0 Å². The van der Waals surface area contributed by atoms with Crippen LogP contribution in [0.2, 0.25) is 0 Å². The zero-order chi connectivity index (χ0) is 15.0. The van der Waals surface area contributed by atoms with Crippen LogP contribution >= 0.6 is 31.9 Å². The highest BCUT2D eigenvalue weighted by atomic mass is 79.9. The van der Waals surface area contributed by atoms with E-state index >= 15 is 0 Å². The summed E-state index contributed by atoms with van der Waals surface area (Å²) in [5.74, 6) is 0.840. The van der Waals surface area contributed by atoms with E-state index < -0.39 is 0 Å². The number of ether oxygens (including phenoxy) is 2. The van der Waals surface area contributed by atoms with E-state index in [4.69, 9.17) is 9.47 Å². The van der Waals surface area contributed by atoms with E-state index in [1.54, 1.807) is 7.11 Å². The van der Waals surface area contributed by atoms with E-state index in [-0.39, 0.29) is 0 Å². The summed E-state index contributed by atoms with van der Waals surface area (Å²) in [5, 5.41) is 3.32. The Hall–Kier alpha value is -0.360. The van der Waals surface area contributed by atoms with Gasteiger partial charge in [0.2, 0.25) is 0 Å². The Kier molecular flexibility index (Phi) is 8.45. The van der Waals surface area contributed by atoms with Crippen LogP contribution in [0.5, 0.6) is 5.75 Å². The van der Waals surface area contributed by atoms with Gasteiger partial charge in [0.15, 0.2) is 0 Å². The van der Waals surface area contributed by atoms with Crippen LogP contribution in [-0.4, -0.2) is 26.9 Å². The highest BCUT2D eigenvalue weighted by Gasteiger charge is 2.09. The number of hydrogen-bond acceptors (Lipinski definition) is 3. The highest BCUT2D eigenvalue weighted by molar-refractivity contribution is 9.11.